The van der Waals surface area contributed by atoms with Crippen molar-refractivity contribution in [3.05, 3.63) is 59.7 Å². The maximum Gasteiger partial charge on any atom is 0.407 e. The van der Waals surface area contributed by atoms with E-state index in [-0.39, 0.29) is 25.0 Å². The van der Waals surface area contributed by atoms with Gasteiger partial charge in [0.05, 0.1) is 17.5 Å². The summed E-state index contributed by atoms with van der Waals surface area (Å²) in [5.41, 5.74) is 2.54. The average molecular weight is 449 g/mol. The number of fused-ring (bicyclic) bond motifs is 3. The largest absolute Gasteiger partial charge is 0.472 e. The molecule has 2 amide bonds. The minimum absolute atomic E-state index is 0.0598. The molecular formula is C26H28N2O5. The summed E-state index contributed by atoms with van der Waals surface area (Å²) < 4.78 is 5.61. The van der Waals surface area contributed by atoms with Gasteiger partial charge >= 0.3 is 12.1 Å². The van der Waals surface area contributed by atoms with Crippen LogP contribution in [0.4, 0.5) is 4.79 Å². The molecule has 2 aromatic carbocycles. The second kappa shape index (κ2) is 9.37. The van der Waals surface area contributed by atoms with Crippen molar-refractivity contribution >= 4 is 18.0 Å². The lowest BCUT2D eigenvalue weighted by atomic mass is 9.73. The first kappa shape index (κ1) is 23.9. The summed E-state index contributed by atoms with van der Waals surface area (Å²) in [6, 6.07) is 16.2. The van der Waals surface area contributed by atoms with Crippen molar-refractivity contribution in [3.63, 3.8) is 0 Å². The van der Waals surface area contributed by atoms with Crippen LogP contribution in [-0.4, -0.2) is 41.8 Å². The Morgan fingerprint density at radius 3 is 2.06 bits per heavy atom. The standard InChI is InChI=1S/C26H28N2O5/c1-25(2,23(31)27-15-9-14-22(29)30)26(3,4)28-24(32)33-16-21-19-12-7-5-10-17(19)18-11-6-8-13-20(18)21/h5-8,10-13,21H,15-16H2,1-4H3,(H,27,31)(H,28,32)(H,29,30). The van der Waals surface area contributed by atoms with Gasteiger partial charge in [-0.1, -0.05) is 54.5 Å². The van der Waals surface area contributed by atoms with E-state index in [9.17, 15) is 14.4 Å². The molecule has 2 aromatic rings. The Kier molecular flexibility index (Phi) is 6.78. The predicted octanol–water partition coefficient (Wildman–Crippen LogP) is 3.53. The molecule has 3 N–H and O–H groups in total. The van der Waals surface area contributed by atoms with Gasteiger partial charge in [-0.25, -0.2) is 9.59 Å². The van der Waals surface area contributed by atoms with Crippen LogP contribution in [0.3, 0.4) is 0 Å². The topological polar surface area (TPSA) is 105 Å². The molecule has 0 saturated heterocycles. The highest BCUT2D eigenvalue weighted by molar-refractivity contribution is 5.87. The maximum atomic E-state index is 12.7. The highest BCUT2D eigenvalue weighted by atomic mass is 16.5. The number of ether oxygens (including phenoxy) is 1. The number of nitrogens with one attached hydrogen (secondary N) is 2. The summed E-state index contributed by atoms with van der Waals surface area (Å²) in [5, 5.41) is 14.0. The molecule has 0 saturated carbocycles. The maximum absolute atomic E-state index is 12.7. The zero-order chi connectivity index (χ0) is 24.2. The lowest BCUT2D eigenvalue weighted by Crippen LogP contribution is -2.59. The van der Waals surface area contributed by atoms with E-state index in [1.807, 2.05) is 42.3 Å². The number of amides is 2. The molecule has 172 valence electrons. The van der Waals surface area contributed by atoms with Crippen LogP contribution in [0.15, 0.2) is 48.5 Å². The molecule has 7 heteroatoms. The molecule has 33 heavy (non-hydrogen) atoms. The highest BCUT2D eigenvalue weighted by Crippen LogP contribution is 2.44. The number of carboxylic acid groups (broad SMARTS) is 1. The molecule has 1 aliphatic carbocycles. The van der Waals surface area contributed by atoms with E-state index < -0.39 is 23.0 Å². The lowest BCUT2D eigenvalue weighted by Gasteiger charge is -2.40. The van der Waals surface area contributed by atoms with Crippen molar-refractivity contribution in [1.82, 2.24) is 10.6 Å². The quantitative estimate of drug-likeness (QED) is 0.587. The van der Waals surface area contributed by atoms with Crippen LogP contribution in [0.5, 0.6) is 0 Å². The van der Waals surface area contributed by atoms with Crippen LogP contribution < -0.4 is 10.6 Å². The zero-order valence-corrected chi connectivity index (χ0v) is 19.2. The Labute approximate surface area is 193 Å². The second-order valence-corrected chi connectivity index (χ2v) is 8.99. The third kappa shape index (κ3) is 5.01. The smallest absolute Gasteiger partial charge is 0.407 e. The minimum atomic E-state index is -1.26. The van der Waals surface area contributed by atoms with E-state index in [0.717, 1.165) is 22.3 Å². The minimum Gasteiger partial charge on any atom is -0.472 e. The van der Waals surface area contributed by atoms with Gasteiger partial charge in [-0.15, -0.1) is 0 Å². The molecular weight excluding hydrogens is 420 g/mol. The van der Waals surface area contributed by atoms with Gasteiger partial charge in [0.2, 0.25) is 5.91 Å². The number of carbonyl (C=O) groups excluding carboxylic acids is 2. The number of hydrogen-bond acceptors (Lipinski definition) is 4. The van der Waals surface area contributed by atoms with Crippen LogP contribution in [0.2, 0.25) is 0 Å². The van der Waals surface area contributed by atoms with Crippen LogP contribution in [-0.2, 0) is 14.3 Å². The van der Waals surface area contributed by atoms with Crippen molar-refractivity contribution in [1.29, 1.82) is 0 Å². The van der Waals surface area contributed by atoms with Gasteiger partial charge in [0, 0.05) is 11.8 Å². The summed E-state index contributed by atoms with van der Waals surface area (Å²) in [5.74, 6) is 2.61. The zero-order valence-electron chi connectivity index (χ0n) is 19.2. The first-order chi connectivity index (χ1) is 15.5. The number of carboxylic acids is 1. The van der Waals surface area contributed by atoms with Crippen molar-refractivity contribution in [2.75, 3.05) is 13.2 Å². The van der Waals surface area contributed by atoms with Gasteiger partial charge in [-0.3, -0.25) is 4.79 Å². The van der Waals surface area contributed by atoms with E-state index in [2.05, 4.69) is 28.7 Å². The fraction of sp³-hybridized carbons (Fsp3) is 0.346. The molecule has 0 aliphatic heterocycles. The second-order valence-electron chi connectivity index (χ2n) is 8.99. The van der Waals surface area contributed by atoms with E-state index >= 15 is 0 Å². The number of alkyl carbamates (subject to hydrolysis) is 1. The summed E-state index contributed by atoms with van der Waals surface area (Å²) in [7, 11) is 0. The molecule has 0 unspecified atom stereocenters. The third-order valence-electron chi connectivity index (χ3n) is 6.42. The first-order valence-corrected chi connectivity index (χ1v) is 10.7. The van der Waals surface area contributed by atoms with E-state index in [1.165, 1.54) is 0 Å². The lowest BCUT2D eigenvalue weighted by molar-refractivity contribution is -0.133. The number of benzene rings is 2. The molecule has 0 aromatic heterocycles. The Morgan fingerprint density at radius 1 is 0.970 bits per heavy atom. The van der Waals surface area contributed by atoms with Crippen LogP contribution in [0, 0.1) is 17.3 Å². The normalized spacial score (nSPS) is 12.6. The van der Waals surface area contributed by atoms with Crippen molar-refractivity contribution in [3.8, 4) is 23.0 Å². The fourth-order valence-electron chi connectivity index (χ4n) is 3.79. The van der Waals surface area contributed by atoms with Crippen LogP contribution in [0.25, 0.3) is 11.1 Å². The van der Waals surface area contributed by atoms with Crippen molar-refractivity contribution in [2.24, 2.45) is 5.41 Å². The molecule has 3 rings (SSSR count). The van der Waals surface area contributed by atoms with E-state index in [0.29, 0.717) is 0 Å². The number of carbonyl (C=O) groups is 3. The first-order valence-electron chi connectivity index (χ1n) is 10.7. The molecule has 0 bridgehead atoms. The van der Waals surface area contributed by atoms with Gasteiger partial charge in [0.1, 0.15) is 6.61 Å². The predicted molar refractivity (Wildman–Crippen MR) is 124 cm³/mol. The average Bonchev–Trinajstić information content (AvgIpc) is 3.08. The van der Waals surface area contributed by atoms with Crippen LogP contribution >= 0.6 is 0 Å². The van der Waals surface area contributed by atoms with Crippen LogP contribution in [0.1, 0.15) is 44.7 Å². The molecule has 7 nitrogen and oxygen atoms in total. The summed E-state index contributed by atoms with van der Waals surface area (Å²) >= 11 is 0. The Balaban J connectivity index is 1.64. The molecule has 0 heterocycles. The fourth-order valence-corrected chi connectivity index (χ4v) is 3.79. The molecule has 1 aliphatic rings. The van der Waals surface area contributed by atoms with Crippen molar-refractivity contribution < 1.29 is 24.2 Å². The van der Waals surface area contributed by atoms with Gasteiger partial charge in [0.25, 0.3) is 0 Å². The molecule has 0 atom stereocenters. The number of hydrogen-bond donors (Lipinski definition) is 3. The Bertz CT molecular complexity index is 1100. The van der Waals surface area contributed by atoms with E-state index in [4.69, 9.17) is 9.84 Å². The summed E-state index contributed by atoms with van der Waals surface area (Å²) in [6.45, 7) is 6.92. The van der Waals surface area contributed by atoms with E-state index in [1.54, 1.807) is 27.7 Å². The SMILES string of the molecule is CC(C)(NC(=O)OCC1c2ccccc2-c2ccccc21)C(C)(C)C(=O)NCC#CC(=O)O. The van der Waals surface area contributed by atoms with Gasteiger partial charge in [0.15, 0.2) is 0 Å². The van der Waals surface area contributed by atoms with Gasteiger partial charge in [-0.2, -0.15) is 0 Å². The monoisotopic (exact) mass is 448 g/mol. The molecule has 0 spiro atoms. The number of aliphatic carboxylic acids is 1. The summed E-state index contributed by atoms with van der Waals surface area (Å²) in [6.07, 6.45) is -0.617. The Hall–Kier alpha value is -3.79. The molecule has 0 radical (unpaired) electrons. The summed E-state index contributed by atoms with van der Waals surface area (Å²) in [4.78, 5) is 35.8. The van der Waals surface area contributed by atoms with Crippen molar-refractivity contribution in [2.45, 2.75) is 39.2 Å². The third-order valence-corrected chi connectivity index (χ3v) is 6.42. The Morgan fingerprint density at radius 2 is 1.52 bits per heavy atom. The van der Waals surface area contributed by atoms with Gasteiger partial charge in [-0.05, 0) is 49.9 Å². The van der Waals surface area contributed by atoms with Gasteiger partial charge < -0.3 is 20.5 Å². The molecule has 0 fully saturated rings. The number of rotatable bonds is 6. The highest BCUT2D eigenvalue weighted by Gasteiger charge is 2.44.